The molecule has 4 aromatic rings. The Kier molecular flexibility index (Phi) is 6.16. The van der Waals surface area contributed by atoms with Gasteiger partial charge in [0.2, 0.25) is 0 Å². The Bertz CT molecular complexity index is 1350. The third-order valence-electron chi connectivity index (χ3n) is 6.93. The van der Waals surface area contributed by atoms with Crippen molar-refractivity contribution in [1.29, 1.82) is 0 Å². The fourth-order valence-electron chi connectivity index (χ4n) is 4.88. The van der Waals surface area contributed by atoms with Gasteiger partial charge in [-0.15, -0.1) is 0 Å². The highest BCUT2D eigenvalue weighted by Crippen LogP contribution is 2.28. The van der Waals surface area contributed by atoms with Gasteiger partial charge >= 0.3 is 5.97 Å². The Morgan fingerprint density at radius 2 is 1.76 bits per heavy atom. The highest BCUT2D eigenvalue weighted by molar-refractivity contribution is 6.08. The van der Waals surface area contributed by atoms with E-state index in [1.54, 1.807) is 0 Å². The summed E-state index contributed by atoms with van der Waals surface area (Å²) in [6.07, 6.45) is 5.47. The van der Waals surface area contributed by atoms with E-state index in [0.29, 0.717) is 12.4 Å². The predicted molar refractivity (Wildman–Crippen MR) is 136 cm³/mol. The molecular weight excluding hydrogens is 424 g/mol. The highest BCUT2D eigenvalue weighted by Gasteiger charge is 2.27. The van der Waals surface area contributed by atoms with Crippen LogP contribution in [0.4, 0.5) is 5.82 Å². The average Bonchev–Trinajstić information content (AvgIpc) is 3.31. The molecule has 0 saturated carbocycles. The molecule has 2 aromatic carbocycles. The lowest BCUT2D eigenvalue weighted by Gasteiger charge is -2.15. The molecule has 0 bridgehead atoms. The second kappa shape index (κ2) is 9.39. The molecule has 1 unspecified atom stereocenters. The number of anilines is 1. The van der Waals surface area contributed by atoms with Crippen LogP contribution in [-0.2, 0) is 24.1 Å². The molecule has 0 radical (unpaired) electrons. The van der Waals surface area contributed by atoms with Crippen molar-refractivity contribution in [3.05, 3.63) is 77.0 Å². The largest absolute Gasteiger partial charge is 0.481 e. The van der Waals surface area contributed by atoms with Gasteiger partial charge < -0.3 is 15.7 Å². The summed E-state index contributed by atoms with van der Waals surface area (Å²) in [5, 5.41) is 11.3. The van der Waals surface area contributed by atoms with Crippen LogP contribution in [0.5, 0.6) is 0 Å². The number of likely N-dealkylation sites (tertiary alicyclic amines) is 1. The first-order valence-electron chi connectivity index (χ1n) is 11.9. The number of pyridine rings is 2. The number of carboxylic acid groups (broad SMARTS) is 1. The highest BCUT2D eigenvalue weighted by atomic mass is 16.4. The first-order chi connectivity index (χ1) is 16.5. The van der Waals surface area contributed by atoms with Crippen LogP contribution in [0.1, 0.15) is 28.7 Å². The molecule has 0 amide bonds. The van der Waals surface area contributed by atoms with Gasteiger partial charge in [-0.25, -0.2) is 4.98 Å². The Hall–Kier alpha value is -3.51. The number of nitrogens with zero attached hydrogens (tertiary/aromatic N) is 3. The maximum atomic E-state index is 11.1. The molecule has 3 heterocycles. The average molecular weight is 455 g/mol. The van der Waals surface area contributed by atoms with Gasteiger partial charge in [-0.2, -0.15) is 0 Å². The quantitative estimate of drug-likeness (QED) is 0.402. The van der Waals surface area contributed by atoms with Crippen LogP contribution in [0.15, 0.2) is 54.7 Å². The van der Waals surface area contributed by atoms with Crippen molar-refractivity contribution in [3.8, 4) is 0 Å². The number of nitrogens with two attached hydrogens (primary N) is 1. The van der Waals surface area contributed by atoms with Crippen LogP contribution in [0, 0.1) is 12.8 Å². The molecule has 1 saturated heterocycles. The molecule has 1 atom stereocenters. The number of fused-ring (bicyclic) bond motifs is 3. The number of aromatic nitrogens is 2. The van der Waals surface area contributed by atoms with E-state index in [1.165, 1.54) is 16.7 Å². The van der Waals surface area contributed by atoms with Crippen molar-refractivity contribution in [2.45, 2.75) is 32.6 Å². The lowest BCUT2D eigenvalue weighted by atomic mass is 10.0. The fourth-order valence-corrected chi connectivity index (χ4v) is 4.88. The summed E-state index contributed by atoms with van der Waals surface area (Å²) in [6, 6.07) is 17.3. The Labute approximate surface area is 199 Å². The minimum Gasteiger partial charge on any atom is -0.481 e. The van der Waals surface area contributed by atoms with Crippen molar-refractivity contribution >= 4 is 33.6 Å². The zero-order valence-corrected chi connectivity index (χ0v) is 19.5. The maximum Gasteiger partial charge on any atom is 0.307 e. The molecule has 0 aliphatic carbocycles. The van der Waals surface area contributed by atoms with Gasteiger partial charge in [0.1, 0.15) is 5.52 Å². The van der Waals surface area contributed by atoms with Crippen molar-refractivity contribution in [1.82, 2.24) is 14.9 Å². The lowest BCUT2D eigenvalue weighted by Crippen LogP contribution is -2.25. The standard InChI is InChI=1S/C28H30N4O2/c1-18-2-9-23-24-15-21(16-30-26(24)27(29)31-25(23)14-18)8-7-19-3-5-20(6-4-19)10-12-32-13-11-22(17-32)28(33)34/h2-6,9,14-16,22H,7-8,10-13,17H2,1H3,(H2,29,31)(H,33,34). The van der Waals surface area contributed by atoms with Gasteiger partial charge in [0.15, 0.2) is 5.82 Å². The van der Waals surface area contributed by atoms with Crippen molar-refractivity contribution in [2.24, 2.45) is 5.92 Å². The van der Waals surface area contributed by atoms with E-state index in [4.69, 9.17) is 10.8 Å². The Balaban J connectivity index is 1.23. The number of benzene rings is 2. The third-order valence-corrected chi connectivity index (χ3v) is 6.93. The van der Waals surface area contributed by atoms with Crippen molar-refractivity contribution in [3.63, 3.8) is 0 Å². The topological polar surface area (TPSA) is 92.3 Å². The summed E-state index contributed by atoms with van der Waals surface area (Å²) in [5.74, 6) is -0.402. The molecule has 34 heavy (non-hydrogen) atoms. The summed E-state index contributed by atoms with van der Waals surface area (Å²) < 4.78 is 0. The second-order valence-electron chi connectivity index (χ2n) is 9.45. The second-order valence-corrected chi connectivity index (χ2v) is 9.45. The van der Waals surface area contributed by atoms with Crippen LogP contribution >= 0.6 is 0 Å². The minimum atomic E-state index is -0.670. The Morgan fingerprint density at radius 1 is 1.03 bits per heavy atom. The molecule has 5 rings (SSSR count). The van der Waals surface area contributed by atoms with Crippen molar-refractivity contribution in [2.75, 3.05) is 25.4 Å². The number of hydrogen-bond acceptors (Lipinski definition) is 5. The zero-order valence-electron chi connectivity index (χ0n) is 19.5. The molecule has 2 aromatic heterocycles. The maximum absolute atomic E-state index is 11.1. The SMILES string of the molecule is Cc1ccc2c(c1)nc(N)c1ncc(CCc3ccc(CCN4CCC(C(=O)O)C4)cc3)cc12. The first-order valence-corrected chi connectivity index (χ1v) is 11.9. The van der Waals surface area contributed by atoms with E-state index >= 15 is 0 Å². The van der Waals surface area contributed by atoms with Gasteiger partial charge in [0.25, 0.3) is 0 Å². The fraction of sp³-hybridized carbons (Fsp3) is 0.321. The first kappa shape index (κ1) is 22.3. The van der Waals surface area contributed by atoms with Crippen LogP contribution in [-0.4, -0.2) is 45.6 Å². The smallest absolute Gasteiger partial charge is 0.307 e. The third kappa shape index (κ3) is 4.73. The van der Waals surface area contributed by atoms with Crippen LogP contribution in [0.2, 0.25) is 0 Å². The molecule has 174 valence electrons. The van der Waals surface area contributed by atoms with Crippen molar-refractivity contribution < 1.29 is 9.90 Å². The van der Waals surface area contributed by atoms with Crippen LogP contribution < -0.4 is 5.73 Å². The van der Waals surface area contributed by atoms with Gasteiger partial charge in [-0.3, -0.25) is 9.78 Å². The number of aryl methyl sites for hydroxylation is 3. The van der Waals surface area contributed by atoms with Crippen LogP contribution in [0.3, 0.4) is 0 Å². The summed E-state index contributed by atoms with van der Waals surface area (Å²) in [5.41, 5.74) is 12.8. The molecule has 1 aliphatic heterocycles. The summed E-state index contributed by atoms with van der Waals surface area (Å²) in [4.78, 5) is 22.6. The van der Waals surface area contributed by atoms with Gasteiger partial charge in [0, 0.05) is 30.1 Å². The van der Waals surface area contributed by atoms with Gasteiger partial charge in [0.05, 0.1) is 11.4 Å². The van der Waals surface area contributed by atoms with E-state index in [9.17, 15) is 4.79 Å². The monoisotopic (exact) mass is 454 g/mol. The predicted octanol–water partition coefficient (Wildman–Crippen LogP) is 4.41. The Morgan fingerprint density at radius 3 is 2.50 bits per heavy atom. The number of rotatable bonds is 7. The molecule has 6 heteroatoms. The lowest BCUT2D eigenvalue weighted by molar-refractivity contribution is -0.141. The minimum absolute atomic E-state index is 0.207. The van der Waals surface area contributed by atoms with Gasteiger partial charge in [-0.05, 0) is 73.5 Å². The summed E-state index contributed by atoms with van der Waals surface area (Å²) >= 11 is 0. The number of aliphatic carboxylic acids is 1. The summed E-state index contributed by atoms with van der Waals surface area (Å²) in [7, 11) is 0. The van der Waals surface area contributed by atoms with E-state index in [0.717, 1.165) is 66.1 Å². The van der Waals surface area contributed by atoms with E-state index in [-0.39, 0.29) is 5.92 Å². The number of carbonyl (C=O) groups is 1. The number of carboxylic acids is 1. The number of hydrogen-bond donors (Lipinski definition) is 2. The van der Waals surface area contributed by atoms with E-state index in [1.807, 2.05) is 6.20 Å². The number of nitrogen functional groups attached to an aromatic ring is 1. The van der Waals surface area contributed by atoms with Crippen LogP contribution in [0.25, 0.3) is 21.8 Å². The molecule has 1 aliphatic rings. The van der Waals surface area contributed by atoms with E-state index in [2.05, 4.69) is 70.3 Å². The molecule has 1 fully saturated rings. The molecule has 3 N–H and O–H groups in total. The zero-order chi connectivity index (χ0) is 23.7. The molecule has 6 nitrogen and oxygen atoms in total. The van der Waals surface area contributed by atoms with E-state index < -0.39 is 5.97 Å². The molecular formula is C28H30N4O2. The normalized spacial score (nSPS) is 16.4. The molecule has 0 spiro atoms. The van der Waals surface area contributed by atoms with Gasteiger partial charge in [-0.1, -0.05) is 36.4 Å². The summed E-state index contributed by atoms with van der Waals surface area (Å²) in [6.45, 7) is 4.52.